The molecule has 1 amide bonds. The van der Waals surface area contributed by atoms with Gasteiger partial charge in [0.15, 0.2) is 0 Å². The summed E-state index contributed by atoms with van der Waals surface area (Å²) in [6.07, 6.45) is 4.50. The second kappa shape index (κ2) is 9.87. The largest absolute Gasteiger partial charge is 0.494 e. The minimum atomic E-state index is -0.163. The molecule has 0 aliphatic carbocycles. The summed E-state index contributed by atoms with van der Waals surface area (Å²) in [5, 5.41) is 2.62. The molecule has 0 bridgehead atoms. The summed E-state index contributed by atoms with van der Waals surface area (Å²) in [6, 6.07) is 9.41. The molecule has 1 aromatic carbocycles. The van der Waals surface area contributed by atoms with E-state index >= 15 is 0 Å². The molecule has 8 heteroatoms. The highest BCUT2D eigenvalue weighted by Crippen LogP contribution is 2.27. The first-order valence-corrected chi connectivity index (χ1v) is 11.5. The molecule has 31 heavy (non-hydrogen) atoms. The van der Waals surface area contributed by atoms with Crippen LogP contribution >= 0.6 is 11.3 Å². The number of aryl methyl sites for hydroxylation is 1. The lowest BCUT2D eigenvalue weighted by Crippen LogP contribution is -2.38. The lowest BCUT2D eigenvalue weighted by molar-refractivity contribution is -0.132. The van der Waals surface area contributed by atoms with Crippen molar-refractivity contribution in [3.63, 3.8) is 0 Å². The van der Waals surface area contributed by atoms with E-state index in [0.29, 0.717) is 37.6 Å². The SMILES string of the molecule is CCOc1ccc(CCC(=O)N2CCC(c3nc(-c4nccs4)cc(=O)[nH]3)CC2)cc1. The van der Waals surface area contributed by atoms with Crippen LogP contribution in [0.1, 0.15) is 43.5 Å². The predicted octanol–water partition coefficient (Wildman–Crippen LogP) is 3.63. The summed E-state index contributed by atoms with van der Waals surface area (Å²) in [4.78, 5) is 38.5. The molecule has 0 unspecified atom stereocenters. The number of H-pyrrole nitrogens is 1. The molecule has 2 aromatic heterocycles. The van der Waals surface area contributed by atoms with Crippen molar-refractivity contribution >= 4 is 17.2 Å². The van der Waals surface area contributed by atoms with E-state index in [0.717, 1.165) is 35.6 Å². The number of piperidine rings is 1. The second-order valence-electron chi connectivity index (χ2n) is 7.59. The third-order valence-corrected chi connectivity index (χ3v) is 6.30. The van der Waals surface area contributed by atoms with E-state index in [1.54, 1.807) is 6.20 Å². The Morgan fingerprint density at radius 1 is 1.26 bits per heavy atom. The Bertz CT molecular complexity index is 1060. The highest BCUT2D eigenvalue weighted by Gasteiger charge is 2.25. The molecule has 1 saturated heterocycles. The number of hydrogen-bond donors (Lipinski definition) is 1. The number of aromatic nitrogens is 3. The third kappa shape index (κ3) is 5.38. The highest BCUT2D eigenvalue weighted by atomic mass is 32.1. The van der Waals surface area contributed by atoms with Gasteiger partial charge in [-0.15, -0.1) is 11.3 Å². The number of likely N-dealkylation sites (tertiary alicyclic amines) is 1. The molecule has 0 saturated carbocycles. The topological polar surface area (TPSA) is 88.2 Å². The Hall–Kier alpha value is -3.00. The molecule has 3 aromatic rings. The number of nitrogens with one attached hydrogen (secondary N) is 1. The zero-order chi connectivity index (χ0) is 21.6. The van der Waals surface area contributed by atoms with E-state index in [1.165, 1.54) is 17.4 Å². The van der Waals surface area contributed by atoms with Crippen LogP contribution in [0.2, 0.25) is 0 Å². The van der Waals surface area contributed by atoms with Gasteiger partial charge < -0.3 is 14.6 Å². The standard InChI is InChI=1S/C23H26N4O3S/c1-2-30-18-6-3-16(4-7-18)5-8-21(29)27-12-9-17(10-13-27)22-25-19(15-20(28)26-22)23-24-11-14-31-23/h3-4,6-7,11,14-15,17H,2,5,8-10,12-13H2,1H3,(H,25,26,28). The van der Waals surface area contributed by atoms with Crippen LogP contribution in [0.25, 0.3) is 10.7 Å². The van der Waals surface area contributed by atoms with Crippen LogP contribution < -0.4 is 10.3 Å². The fourth-order valence-corrected chi connectivity index (χ4v) is 4.46. The van der Waals surface area contributed by atoms with Gasteiger partial charge in [-0.3, -0.25) is 9.59 Å². The number of rotatable bonds is 7. The first-order valence-electron chi connectivity index (χ1n) is 10.6. The van der Waals surface area contributed by atoms with E-state index < -0.39 is 0 Å². The van der Waals surface area contributed by atoms with Gasteiger partial charge in [0.1, 0.15) is 22.3 Å². The fourth-order valence-electron chi connectivity index (χ4n) is 3.86. The van der Waals surface area contributed by atoms with Crippen LogP contribution in [-0.2, 0) is 11.2 Å². The molecule has 0 radical (unpaired) electrons. The van der Waals surface area contributed by atoms with Crippen molar-refractivity contribution in [2.24, 2.45) is 0 Å². The zero-order valence-corrected chi connectivity index (χ0v) is 18.4. The number of ether oxygens (including phenoxy) is 1. The van der Waals surface area contributed by atoms with Crippen LogP contribution in [0.3, 0.4) is 0 Å². The summed E-state index contributed by atoms with van der Waals surface area (Å²) in [6.45, 7) is 3.96. The average Bonchev–Trinajstić information content (AvgIpc) is 3.33. The molecular formula is C23H26N4O3S. The Balaban J connectivity index is 1.31. The minimum Gasteiger partial charge on any atom is -0.494 e. The molecule has 1 aliphatic heterocycles. The molecule has 162 valence electrons. The predicted molar refractivity (Wildman–Crippen MR) is 120 cm³/mol. The lowest BCUT2D eigenvalue weighted by atomic mass is 9.95. The monoisotopic (exact) mass is 438 g/mol. The Kier molecular flexibility index (Phi) is 6.76. The molecule has 0 spiro atoms. The molecule has 1 N–H and O–H groups in total. The first kappa shape index (κ1) is 21.2. The van der Waals surface area contributed by atoms with Crippen molar-refractivity contribution in [3.05, 3.63) is 63.7 Å². The Labute approximate surface area is 185 Å². The third-order valence-electron chi connectivity index (χ3n) is 5.51. The molecule has 1 aliphatic rings. The minimum absolute atomic E-state index is 0.141. The molecule has 3 heterocycles. The van der Waals surface area contributed by atoms with E-state index in [-0.39, 0.29) is 17.4 Å². The van der Waals surface area contributed by atoms with Gasteiger partial charge in [0.05, 0.1) is 6.61 Å². The lowest BCUT2D eigenvalue weighted by Gasteiger charge is -2.31. The van der Waals surface area contributed by atoms with Crippen LogP contribution in [0.4, 0.5) is 0 Å². The van der Waals surface area contributed by atoms with Crippen molar-refractivity contribution in [2.75, 3.05) is 19.7 Å². The summed E-state index contributed by atoms with van der Waals surface area (Å²) >= 11 is 1.46. The van der Waals surface area contributed by atoms with E-state index in [9.17, 15) is 9.59 Å². The molecule has 7 nitrogen and oxygen atoms in total. The first-order chi connectivity index (χ1) is 15.1. The number of hydrogen-bond acceptors (Lipinski definition) is 6. The normalized spacial score (nSPS) is 14.5. The second-order valence-corrected chi connectivity index (χ2v) is 8.48. The van der Waals surface area contributed by atoms with Gasteiger partial charge in [0, 0.05) is 43.1 Å². The van der Waals surface area contributed by atoms with Gasteiger partial charge in [-0.1, -0.05) is 12.1 Å². The van der Waals surface area contributed by atoms with Gasteiger partial charge in [-0.2, -0.15) is 0 Å². The van der Waals surface area contributed by atoms with Crippen molar-refractivity contribution in [1.29, 1.82) is 0 Å². The van der Waals surface area contributed by atoms with Gasteiger partial charge in [-0.05, 0) is 43.9 Å². The maximum absolute atomic E-state index is 12.7. The summed E-state index contributed by atoms with van der Waals surface area (Å²) < 4.78 is 5.46. The van der Waals surface area contributed by atoms with Gasteiger partial charge in [-0.25, -0.2) is 9.97 Å². The maximum atomic E-state index is 12.7. The molecule has 4 rings (SSSR count). The van der Waals surface area contributed by atoms with Gasteiger partial charge >= 0.3 is 0 Å². The van der Waals surface area contributed by atoms with E-state index in [1.807, 2.05) is 41.5 Å². The number of benzene rings is 1. The van der Waals surface area contributed by atoms with Crippen molar-refractivity contribution in [1.82, 2.24) is 19.9 Å². The van der Waals surface area contributed by atoms with Crippen molar-refractivity contribution < 1.29 is 9.53 Å². The number of aromatic amines is 1. The average molecular weight is 439 g/mol. The quantitative estimate of drug-likeness (QED) is 0.609. The fraction of sp³-hybridized carbons (Fsp3) is 0.391. The van der Waals surface area contributed by atoms with E-state index in [4.69, 9.17) is 4.74 Å². The molecular weight excluding hydrogens is 412 g/mol. The smallest absolute Gasteiger partial charge is 0.251 e. The molecule has 0 atom stereocenters. The van der Waals surface area contributed by atoms with Crippen LogP contribution in [0.15, 0.2) is 46.7 Å². The maximum Gasteiger partial charge on any atom is 0.251 e. The number of nitrogens with zero attached hydrogens (tertiary/aromatic N) is 3. The number of carbonyl (C=O) groups excluding carboxylic acids is 1. The van der Waals surface area contributed by atoms with Crippen molar-refractivity contribution in [3.8, 4) is 16.5 Å². The van der Waals surface area contributed by atoms with Crippen LogP contribution in [-0.4, -0.2) is 45.5 Å². The summed E-state index contributed by atoms with van der Waals surface area (Å²) in [5.41, 5.74) is 1.58. The molecule has 1 fully saturated rings. The van der Waals surface area contributed by atoms with Crippen LogP contribution in [0.5, 0.6) is 5.75 Å². The Morgan fingerprint density at radius 3 is 2.71 bits per heavy atom. The number of thiazole rings is 1. The Morgan fingerprint density at radius 2 is 2.03 bits per heavy atom. The zero-order valence-electron chi connectivity index (χ0n) is 17.5. The van der Waals surface area contributed by atoms with E-state index in [2.05, 4.69) is 15.0 Å². The number of carbonyl (C=O) groups is 1. The van der Waals surface area contributed by atoms with Gasteiger partial charge in [0.2, 0.25) is 5.91 Å². The van der Waals surface area contributed by atoms with Crippen molar-refractivity contribution in [2.45, 2.75) is 38.5 Å². The highest BCUT2D eigenvalue weighted by molar-refractivity contribution is 7.13. The number of amides is 1. The summed E-state index contributed by atoms with van der Waals surface area (Å²) in [5.74, 6) is 1.86. The summed E-state index contributed by atoms with van der Waals surface area (Å²) in [7, 11) is 0. The van der Waals surface area contributed by atoms with Gasteiger partial charge in [0.25, 0.3) is 5.56 Å². The van der Waals surface area contributed by atoms with Crippen LogP contribution in [0, 0.1) is 0 Å².